The molecule has 0 saturated carbocycles. The normalized spacial score (nSPS) is 20.3. The summed E-state index contributed by atoms with van der Waals surface area (Å²) in [5, 5.41) is 4.58. The topological polar surface area (TPSA) is 86.8 Å². The van der Waals surface area contributed by atoms with Gasteiger partial charge < -0.3 is 10.2 Å². The van der Waals surface area contributed by atoms with Crippen molar-refractivity contribution in [3.63, 3.8) is 0 Å². The lowest BCUT2D eigenvalue weighted by Gasteiger charge is -2.22. The molecule has 4 rings (SSSR count). The van der Waals surface area contributed by atoms with Crippen LogP contribution in [-0.2, 0) is 26.2 Å². The standard InChI is InChI=1S/C20H23N3O4S2/c24-18-5-2-11-22(18)16-9-7-15(8-10-16)14-21-20(25)17-4-1-12-23(17)29(26,27)19-6-3-13-28-19/h3,6-10,13,17H,1-2,4-5,11-12,14H2,(H,21,25)/t17-/m1/s1. The highest BCUT2D eigenvalue weighted by molar-refractivity contribution is 7.91. The first-order valence-corrected chi connectivity index (χ1v) is 12.0. The summed E-state index contributed by atoms with van der Waals surface area (Å²) in [5.74, 6) is -0.138. The molecule has 29 heavy (non-hydrogen) atoms. The van der Waals surface area contributed by atoms with Crippen LogP contribution in [0.5, 0.6) is 0 Å². The summed E-state index contributed by atoms with van der Waals surface area (Å²) in [4.78, 5) is 26.3. The predicted octanol–water partition coefficient (Wildman–Crippen LogP) is 2.34. The minimum absolute atomic E-state index is 0.138. The maximum atomic E-state index is 12.8. The zero-order chi connectivity index (χ0) is 20.4. The van der Waals surface area contributed by atoms with E-state index in [-0.39, 0.29) is 16.0 Å². The third-order valence-corrected chi connectivity index (χ3v) is 8.63. The Morgan fingerprint density at radius 2 is 1.93 bits per heavy atom. The highest BCUT2D eigenvalue weighted by Gasteiger charge is 2.39. The number of sulfonamides is 1. The molecule has 7 nitrogen and oxygen atoms in total. The van der Waals surface area contributed by atoms with Crippen LogP contribution < -0.4 is 10.2 Å². The van der Waals surface area contributed by atoms with Gasteiger partial charge in [0.15, 0.2) is 0 Å². The van der Waals surface area contributed by atoms with E-state index >= 15 is 0 Å². The first-order chi connectivity index (χ1) is 14.0. The van der Waals surface area contributed by atoms with Crippen molar-refractivity contribution >= 4 is 38.9 Å². The molecule has 0 unspecified atom stereocenters. The van der Waals surface area contributed by atoms with Crippen LogP contribution in [0.1, 0.15) is 31.2 Å². The molecule has 0 aliphatic carbocycles. The lowest BCUT2D eigenvalue weighted by Crippen LogP contribution is -2.45. The van der Waals surface area contributed by atoms with E-state index in [1.165, 1.54) is 4.31 Å². The first kappa shape index (κ1) is 20.1. The van der Waals surface area contributed by atoms with Gasteiger partial charge in [-0.15, -0.1) is 11.3 Å². The SMILES string of the molecule is O=C(NCc1ccc(N2CCCC2=O)cc1)[C@H]1CCCN1S(=O)(=O)c1cccs1. The Hall–Kier alpha value is -2.23. The molecule has 2 aliphatic rings. The van der Waals surface area contributed by atoms with Crippen molar-refractivity contribution in [1.29, 1.82) is 0 Å². The molecule has 2 aromatic rings. The van der Waals surface area contributed by atoms with Gasteiger partial charge in [0.1, 0.15) is 10.3 Å². The minimum atomic E-state index is -3.64. The van der Waals surface area contributed by atoms with Gasteiger partial charge in [0.05, 0.1) is 0 Å². The number of nitrogens with zero attached hydrogens (tertiary/aromatic N) is 2. The van der Waals surface area contributed by atoms with Crippen molar-refractivity contribution in [2.75, 3.05) is 18.0 Å². The smallest absolute Gasteiger partial charge is 0.253 e. The van der Waals surface area contributed by atoms with Crippen LogP contribution in [-0.4, -0.2) is 43.7 Å². The molecule has 2 amide bonds. The molecule has 154 valence electrons. The highest BCUT2D eigenvalue weighted by Crippen LogP contribution is 2.28. The van der Waals surface area contributed by atoms with E-state index in [0.717, 1.165) is 35.6 Å². The molecule has 1 atom stereocenters. The number of nitrogens with one attached hydrogen (secondary N) is 1. The highest BCUT2D eigenvalue weighted by atomic mass is 32.2. The molecule has 0 radical (unpaired) electrons. The van der Waals surface area contributed by atoms with Crippen molar-refractivity contribution in [3.05, 3.63) is 47.3 Å². The average Bonchev–Trinajstić information content (AvgIpc) is 3.47. The summed E-state index contributed by atoms with van der Waals surface area (Å²) in [5.41, 5.74) is 1.77. The molecule has 2 saturated heterocycles. The van der Waals surface area contributed by atoms with E-state index in [0.29, 0.717) is 32.4 Å². The second kappa shape index (κ2) is 8.25. The molecular weight excluding hydrogens is 410 g/mol. The third-order valence-electron chi connectivity index (χ3n) is 5.35. The number of anilines is 1. The average molecular weight is 434 g/mol. The molecule has 2 aliphatic heterocycles. The maximum absolute atomic E-state index is 12.8. The van der Waals surface area contributed by atoms with Crippen molar-refractivity contribution in [1.82, 2.24) is 9.62 Å². The van der Waals surface area contributed by atoms with Crippen molar-refractivity contribution < 1.29 is 18.0 Å². The van der Waals surface area contributed by atoms with E-state index in [2.05, 4.69) is 5.32 Å². The molecular formula is C20H23N3O4S2. The van der Waals surface area contributed by atoms with Crippen molar-refractivity contribution in [3.8, 4) is 0 Å². The van der Waals surface area contributed by atoms with Gasteiger partial charge in [-0.3, -0.25) is 9.59 Å². The van der Waals surface area contributed by atoms with Gasteiger partial charge >= 0.3 is 0 Å². The van der Waals surface area contributed by atoms with E-state index in [1.807, 2.05) is 24.3 Å². The van der Waals surface area contributed by atoms with Gasteiger partial charge in [-0.1, -0.05) is 18.2 Å². The Morgan fingerprint density at radius 3 is 2.59 bits per heavy atom. The van der Waals surface area contributed by atoms with Gasteiger partial charge in [-0.25, -0.2) is 8.42 Å². The molecule has 1 aromatic heterocycles. The number of hydrogen-bond donors (Lipinski definition) is 1. The Labute approximate surface area is 174 Å². The number of carbonyl (C=O) groups excluding carboxylic acids is 2. The fourth-order valence-corrected chi connectivity index (χ4v) is 6.61. The van der Waals surface area contributed by atoms with E-state index in [9.17, 15) is 18.0 Å². The van der Waals surface area contributed by atoms with Crippen LogP contribution in [0.4, 0.5) is 5.69 Å². The lowest BCUT2D eigenvalue weighted by atomic mass is 10.1. The Bertz CT molecular complexity index is 987. The van der Waals surface area contributed by atoms with Gasteiger partial charge in [-0.05, 0) is 48.4 Å². The second-order valence-electron chi connectivity index (χ2n) is 7.24. The van der Waals surface area contributed by atoms with Gasteiger partial charge in [-0.2, -0.15) is 4.31 Å². The number of carbonyl (C=O) groups is 2. The number of rotatable bonds is 6. The zero-order valence-electron chi connectivity index (χ0n) is 15.9. The van der Waals surface area contributed by atoms with Crippen LogP contribution in [0.3, 0.4) is 0 Å². The van der Waals surface area contributed by atoms with Crippen LogP contribution in [0.15, 0.2) is 46.0 Å². The summed E-state index contributed by atoms with van der Waals surface area (Å²) in [6.07, 6.45) is 2.65. The minimum Gasteiger partial charge on any atom is -0.351 e. The van der Waals surface area contributed by atoms with E-state index in [1.54, 1.807) is 22.4 Å². The summed E-state index contributed by atoms with van der Waals surface area (Å²) < 4.78 is 27.2. The molecule has 1 N–H and O–H groups in total. The van der Waals surface area contributed by atoms with Crippen LogP contribution in [0.25, 0.3) is 0 Å². The molecule has 9 heteroatoms. The largest absolute Gasteiger partial charge is 0.351 e. The molecule has 2 fully saturated rings. The van der Waals surface area contributed by atoms with Gasteiger partial charge in [0.2, 0.25) is 11.8 Å². The van der Waals surface area contributed by atoms with Gasteiger partial charge in [0.25, 0.3) is 10.0 Å². The summed E-state index contributed by atoms with van der Waals surface area (Å²) in [6.45, 7) is 1.42. The number of hydrogen-bond acceptors (Lipinski definition) is 5. The van der Waals surface area contributed by atoms with Crippen LogP contribution >= 0.6 is 11.3 Å². The molecule has 3 heterocycles. The summed E-state index contributed by atoms with van der Waals surface area (Å²) in [7, 11) is -3.64. The molecule has 0 bridgehead atoms. The van der Waals surface area contributed by atoms with E-state index in [4.69, 9.17) is 0 Å². The van der Waals surface area contributed by atoms with Crippen LogP contribution in [0, 0.1) is 0 Å². The molecule has 1 aromatic carbocycles. The Balaban J connectivity index is 1.38. The Morgan fingerprint density at radius 1 is 1.14 bits per heavy atom. The monoisotopic (exact) mass is 433 g/mol. The lowest BCUT2D eigenvalue weighted by molar-refractivity contribution is -0.124. The third kappa shape index (κ3) is 4.08. The zero-order valence-corrected chi connectivity index (χ0v) is 17.5. The van der Waals surface area contributed by atoms with Gasteiger partial charge in [0, 0.05) is 31.7 Å². The number of amides is 2. The summed E-state index contributed by atoms with van der Waals surface area (Å²) in [6, 6.07) is 10.1. The number of benzene rings is 1. The maximum Gasteiger partial charge on any atom is 0.253 e. The Kier molecular flexibility index (Phi) is 5.71. The number of thiophene rings is 1. The van der Waals surface area contributed by atoms with Crippen molar-refractivity contribution in [2.24, 2.45) is 0 Å². The predicted molar refractivity (Wildman–Crippen MR) is 111 cm³/mol. The second-order valence-corrected chi connectivity index (χ2v) is 10.3. The first-order valence-electron chi connectivity index (χ1n) is 9.69. The van der Waals surface area contributed by atoms with Crippen LogP contribution in [0.2, 0.25) is 0 Å². The van der Waals surface area contributed by atoms with Crippen molar-refractivity contribution in [2.45, 2.75) is 42.5 Å². The van der Waals surface area contributed by atoms with E-state index < -0.39 is 16.1 Å². The fourth-order valence-electron chi connectivity index (χ4n) is 3.84. The fraction of sp³-hybridized carbons (Fsp3) is 0.400. The summed E-state index contributed by atoms with van der Waals surface area (Å²) >= 11 is 1.16. The quantitative estimate of drug-likeness (QED) is 0.758. The molecule has 0 spiro atoms.